The van der Waals surface area contributed by atoms with E-state index in [0.717, 1.165) is 12.2 Å². The third kappa shape index (κ3) is 6.21. The average molecular weight is 234 g/mol. The molecule has 0 saturated heterocycles. The fraction of sp³-hybridized carbons (Fsp3) is 0.385. The van der Waals surface area contributed by atoms with Crippen molar-refractivity contribution in [1.82, 2.24) is 0 Å². The van der Waals surface area contributed by atoms with Gasteiger partial charge in [0.05, 0.1) is 0 Å². The van der Waals surface area contributed by atoms with E-state index in [9.17, 15) is 0 Å². The molecule has 0 unspecified atom stereocenters. The quantitative estimate of drug-likeness (QED) is 0.534. The lowest BCUT2D eigenvalue weighted by atomic mass is 9.96. The summed E-state index contributed by atoms with van der Waals surface area (Å²) in [5.41, 5.74) is 7.14. The summed E-state index contributed by atoms with van der Waals surface area (Å²) in [5, 5.41) is 10.8. The van der Waals surface area contributed by atoms with Crippen LogP contribution in [0, 0.1) is 45.4 Å². The van der Waals surface area contributed by atoms with Crippen molar-refractivity contribution in [3.8, 4) is 0 Å². The first-order valence-electron chi connectivity index (χ1n) is 4.99. The third-order valence-corrected chi connectivity index (χ3v) is 2.74. The normalized spacial score (nSPS) is 7.59. The molecule has 2 N–H and O–H groups in total. The summed E-state index contributed by atoms with van der Waals surface area (Å²) in [6.07, 6.45) is 1.50. The van der Waals surface area contributed by atoms with Gasteiger partial charge in [-0.15, -0.1) is 0 Å². The van der Waals surface area contributed by atoms with Crippen molar-refractivity contribution >= 4 is 12.2 Å². The van der Waals surface area contributed by atoms with Crippen molar-refractivity contribution in [2.45, 2.75) is 34.6 Å². The Labute approximate surface area is 102 Å². The Morgan fingerprint density at radius 3 is 1.24 bits per heavy atom. The van der Waals surface area contributed by atoms with Crippen LogP contribution in [0.3, 0.4) is 0 Å². The van der Waals surface area contributed by atoms with Crippen LogP contribution in [0.15, 0.2) is 6.07 Å². The van der Waals surface area contributed by atoms with Crippen molar-refractivity contribution in [3.05, 3.63) is 33.9 Å². The molecular weight excluding hydrogens is 216 g/mol. The predicted molar refractivity (Wildman–Crippen MR) is 67.0 cm³/mol. The molecule has 0 amide bonds. The van der Waals surface area contributed by atoms with Gasteiger partial charge in [-0.05, 0) is 62.4 Å². The monoisotopic (exact) mass is 234 g/mol. The van der Waals surface area contributed by atoms with E-state index in [1.807, 2.05) is 0 Å². The first-order chi connectivity index (χ1) is 7.87. The summed E-state index contributed by atoms with van der Waals surface area (Å²) in [7, 11) is 0. The third-order valence-electron chi connectivity index (χ3n) is 2.74. The van der Waals surface area contributed by atoms with E-state index in [4.69, 9.17) is 20.4 Å². The lowest BCUT2D eigenvalue weighted by Gasteiger charge is -2.10. The van der Waals surface area contributed by atoms with Crippen LogP contribution in [-0.4, -0.2) is 12.2 Å². The topological polar surface area (TPSA) is 81.8 Å². The van der Waals surface area contributed by atoms with Crippen molar-refractivity contribution in [1.29, 1.82) is 10.8 Å². The molecule has 0 fully saturated rings. The fourth-order valence-corrected chi connectivity index (χ4v) is 1.41. The molecule has 0 heterocycles. The molecule has 0 bridgehead atoms. The number of benzene rings is 1. The van der Waals surface area contributed by atoms with Gasteiger partial charge in [0.1, 0.15) is 0 Å². The van der Waals surface area contributed by atoms with E-state index in [1.54, 1.807) is 0 Å². The largest absolute Gasteiger partial charge is 0.231 e. The van der Waals surface area contributed by atoms with E-state index in [1.165, 1.54) is 27.8 Å². The number of aryl methyl sites for hydroxylation is 2. The molecule has 0 aliphatic heterocycles. The Balaban J connectivity index is 0. The molecule has 0 aliphatic carbocycles. The minimum atomic E-state index is 0.750. The summed E-state index contributed by atoms with van der Waals surface area (Å²) < 4.78 is 0. The maximum absolute atomic E-state index is 8.35. The number of hydrogen-bond acceptors (Lipinski definition) is 4. The van der Waals surface area contributed by atoms with Crippen molar-refractivity contribution < 1.29 is 9.59 Å². The van der Waals surface area contributed by atoms with Gasteiger partial charge in [-0.2, -0.15) is 0 Å². The molecule has 1 aromatic carbocycles. The first kappa shape index (κ1) is 17.4. The highest BCUT2D eigenvalue weighted by atomic mass is 16.1. The second-order valence-corrected chi connectivity index (χ2v) is 3.59. The number of hydrogen-bond donors (Lipinski definition) is 2. The smallest absolute Gasteiger partial charge is 0.222 e. The van der Waals surface area contributed by atoms with Crippen LogP contribution < -0.4 is 0 Å². The minimum Gasteiger partial charge on any atom is -0.222 e. The number of rotatable bonds is 0. The lowest BCUT2D eigenvalue weighted by Crippen LogP contribution is -1.93. The molecule has 1 aromatic rings. The van der Waals surface area contributed by atoms with Gasteiger partial charge in [0.2, 0.25) is 12.2 Å². The van der Waals surface area contributed by atoms with Crippen molar-refractivity contribution in [3.63, 3.8) is 0 Å². The molecule has 0 saturated carbocycles. The first-order valence-corrected chi connectivity index (χ1v) is 4.99. The number of isocyanates is 2. The van der Waals surface area contributed by atoms with Gasteiger partial charge in [-0.25, -0.2) is 20.4 Å². The number of carbonyl (C=O) groups excluding carboxylic acids is 2. The van der Waals surface area contributed by atoms with Gasteiger partial charge in [0.25, 0.3) is 0 Å². The van der Waals surface area contributed by atoms with Gasteiger partial charge in [-0.1, -0.05) is 6.07 Å². The molecule has 17 heavy (non-hydrogen) atoms. The molecular formula is C13H18N2O2. The van der Waals surface area contributed by atoms with Crippen LogP contribution >= 0.6 is 0 Å². The molecule has 4 heteroatoms. The standard InChI is InChI=1S/C11H16.2CHNO/c1-7-6-8(2)10(4)11(5)9(7)3;2*2-1-3/h6H,1-5H3;2*2H. The Bertz CT molecular complexity index is 401. The lowest BCUT2D eigenvalue weighted by molar-refractivity contribution is 0.562. The van der Waals surface area contributed by atoms with E-state index in [-0.39, 0.29) is 0 Å². The molecule has 0 spiro atoms. The van der Waals surface area contributed by atoms with Gasteiger partial charge >= 0.3 is 0 Å². The van der Waals surface area contributed by atoms with Crippen LogP contribution in [0.5, 0.6) is 0 Å². The molecule has 0 aliphatic rings. The van der Waals surface area contributed by atoms with Crippen LogP contribution in [0.1, 0.15) is 27.8 Å². The average Bonchev–Trinajstić information content (AvgIpc) is 2.26. The number of nitrogens with one attached hydrogen (secondary N) is 2. The molecule has 0 radical (unpaired) electrons. The fourth-order valence-electron chi connectivity index (χ4n) is 1.41. The predicted octanol–water partition coefficient (Wildman–Crippen LogP) is 3.03. The van der Waals surface area contributed by atoms with Crippen LogP contribution in [0.2, 0.25) is 0 Å². The Morgan fingerprint density at radius 1 is 0.765 bits per heavy atom. The summed E-state index contributed by atoms with van der Waals surface area (Å²) in [6.45, 7) is 10.9. The van der Waals surface area contributed by atoms with E-state index in [2.05, 4.69) is 40.7 Å². The SMILES string of the molecule is Cc1cc(C)c(C)c(C)c1C.N=C=O.N=C=O. The second-order valence-electron chi connectivity index (χ2n) is 3.59. The highest BCUT2D eigenvalue weighted by Crippen LogP contribution is 2.19. The maximum atomic E-state index is 8.35. The second kappa shape index (κ2) is 9.22. The molecule has 92 valence electrons. The highest BCUT2D eigenvalue weighted by molar-refractivity contribution is 5.42. The molecule has 4 nitrogen and oxygen atoms in total. The van der Waals surface area contributed by atoms with Gasteiger partial charge in [0.15, 0.2) is 0 Å². The van der Waals surface area contributed by atoms with Crippen LogP contribution in [0.4, 0.5) is 0 Å². The molecule has 0 aromatic heterocycles. The van der Waals surface area contributed by atoms with Gasteiger partial charge in [-0.3, -0.25) is 0 Å². The summed E-state index contributed by atoms with van der Waals surface area (Å²) in [6, 6.07) is 2.26. The Kier molecular flexibility index (Phi) is 9.43. The van der Waals surface area contributed by atoms with Crippen LogP contribution in [0.25, 0.3) is 0 Å². The Morgan fingerprint density at radius 2 is 1.00 bits per heavy atom. The van der Waals surface area contributed by atoms with Crippen molar-refractivity contribution in [2.75, 3.05) is 0 Å². The zero-order valence-corrected chi connectivity index (χ0v) is 10.9. The summed E-state index contributed by atoms with van der Waals surface area (Å²) in [5.74, 6) is 0. The molecule has 0 atom stereocenters. The van der Waals surface area contributed by atoms with E-state index >= 15 is 0 Å². The molecule has 1 rings (SSSR count). The summed E-state index contributed by atoms with van der Waals surface area (Å²) in [4.78, 5) is 16.7. The van der Waals surface area contributed by atoms with Crippen LogP contribution in [-0.2, 0) is 9.59 Å². The van der Waals surface area contributed by atoms with Crippen molar-refractivity contribution in [2.24, 2.45) is 0 Å². The van der Waals surface area contributed by atoms with E-state index in [0.29, 0.717) is 0 Å². The van der Waals surface area contributed by atoms with Gasteiger partial charge < -0.3 is 0 Å². The maximum Gasteiger partial charge on any atom is 0.231 e. The zero-order valence-electron chi connectivity index (χ0n) is 10.9. The van der Waals surface area contributed by atoms with E-state index < -0.39 is 0 Å². The zero-order chi connectivity index (χ0) is 14.0. The summed E-state index contributed by atoms with van der Waals surface area (Å²) >= 11 is 0. The van der Waals surface area contributed by atoms with Gasteiger partial charge in [0, 0.05) is 0 Å². The Hall–Kier alpha value is -2.02. The minimum absolute atomic E-state index is 0.750. The highest BCUT2D eigenvalue weighted by Gasteiger charge is 2.02.